The zero-order valence-corrected chi connectivity index (χ0v) is 19.3. The fourth-order valence-electron chi connectivity index (χ4n) is 3.86. The molecule has 0 unspecified atom stereocenters. The fraction of sp³-hybridized carbons (Fsp3) is 0.435. The van der Waals surface area contributed by atoms with Crippen molar-refractivity contribution in [1.29, 1.82) is 0 Å². The molecule has 5 nitrogen and oxygen atoms in total. The van der Waals surface area contributed by atoms with E-state index in [0.717, 1.165) is 31.5 Å². The molecule has 1 amide bonds. The molecule has 1 aliphatic heterocycles. The lowest BCUT2D eigenvalue weighted by molar-refractivity contribution is 0.0583. The van der Waals surface area contributed by atoms with Crippen LogP contribution in [0.4, 0.5) is 0 Å². The highest BCUT2D eigenvalue weighted by Crippen LogP contribution is 2.29. The van der Waals surface area contributed by atoms with Crippen molar-refractivity contribution in [3.05, 3.63) is 64.7 Å². The molecule has 1 aliphatic rings. The number of rotatable bonds is 6. The minimum absolute atomic E-state index is 0.0375. The van der Waals surface area contributed by atoms with E-state index in [2.05, 4.69) is 13.8 Å². The molecule has 7 heteroatoms. The van der Waals surface area contributed by atoms with Gasteiger partial charge in [-0.2, -0.15) is 4.31 Å². The summed E-state index contributed by atoms with van der Waals surface area (Å²) < 4.78 is 27.3. The Kier molecular flexibility index (Phi) is 6.90. The Balaban J connectivity index is 1.72. The molecule has 2 aromatic carbocycles. The number of sulfonamides is 1. The Hall–Kier alpha value is -1.89. The van der Waals surface area contributed by atoms with Crippen molar-refractivity contribution in [2.75, 3.05) is 19.6 Å². The van der Waals surface area contributed by atoms with Crippen molar-refractivity contribution in [2.45, 2.75) is 45.1 Å². The first-order chi connectivity index (χ1) is 14.1. The minimum atomic E-state index is -3.62. The van der Waals surface area contributed by atoms with Gasteiger partial charge in [-0.1, -0.05) is 44.5 Å². The number of piperidine rings is 1. The van der Waals surface area contributed by atoms with Gasteiger partial charge < -0.3 is 4.90 Å². The molecule has 0 aromatic heterocycles. The topological polar surface area (TPSA) is 57.7 Å². The normalized spacial score (nSPS) is 16.6. The van der Waals surface area contributed by atoms with Crippen LogP contribution in [0, 0.1) is 5.41 Å². The van der Waals surface area contributed by atoms with Crippen LogP contribution in [-0.4, -0.2) is 43.2 Å². The first-order valence-electron chi connectivity index (χ1n) is 10.3. The predicted octanol–water partition coefficient (Wildman–Crippen LogP) is 4.81. The van der Waals surface area contributed by atoms with Crippen molar-refractivity contribution in [3.8, 4) is 0 Å². The highest BCUT2D eigenvalue weighted by atomic mass is 35.5. The van der Waals surface area contributed by atoms with E-state index in [1.807, 2.05) is 24.0 Å². The van der Waals surface area contributed by atoms with Crippen LogP contribution in [0.5, 0.6) is 0 Å². The number of carbonyl (C=O) groups excluding carboxylic acids is 1. The summed E-state index contributed by atoms with van der Waals surface area (Å²) in [6, 6.07) is 13.4. The number of halogens is 1. The van der Waals surface area contributed by atoms with Crippen LogP contribution in [0.1, 0.15) is 49.5 Å². The van der Waals surface area contributed by atoms with Gasteiger partial charge in [0.25, 0.3) is 5.91 Å². The lowest BCUT2D eigenvalue weighted by atomic mass is 9.84. The summed E-state index contributed by atoms with van der Waals surface area (Å²) in [7, 11) is -3.62. The predicted molar refractivity (Wildman–Crippen MR) is 120 cm³/mol. The number of benzene rings is 2. The molecule has 0 bridgehead atoms. The van der Waals surface area contributed by atoms with Gasteiger partial charge >= 0.3 is 0 Å². The lowest BCUT2D eigenvalue weighted by Gasteiger charge is -2.38. The van der Waals surface area contributed by atoms with Gasteiger partial charge in [0.2, 0.25) is 10.0 Å². The summed E-state index contributed by atoms with van der Waals surface area (Å²) in [5, 5.41) is 0.495. The SMILES string of the molecule is CCN(Cc1ccc(C(=O)N2CCCC(C)(C)C2)cc1)S(=O)(=O)c1ccc(Cl)cc1. The molecule has 0 atom stereocenters. The summed E-state index contributed by atoms with van der Waals surface area (Å²) in [6.45, 7) is 8.32. The van der Waals surface area contributed by atoms with Gasteiger partial charge in [-0.05, 0) is 60.2 Å². The van der Waals surface area contributed by atoms with E-state index in [-0.39, 0.29) is 22.8 Å². The highest BCUT2D eigenvalue weighted by Gasteiger charge is 2.29. The van der Waals surface area contributed by atoms with Crippen LogP contribution in [0.3, 0.4) is 0 Å². The zero-order valence-electron chi connectivity index (χ0n) is 17.8. The molecule has 2 aromatic rings. The number of likely N-dealkylation sites (tertiary alicyclic amines) is 1. The molecular formula is C23H29ClN2O3S. The van der Waals surface area contributed by atoms with Crippen molar-refractivity contribution in [3.63, 3.8) is 0 Å². The summed E-state index contributed by atoms with van der Waals surface area (Å²) in [4.78, 5) is 15.0. The fourth-order valence-corrected chi connectivity index (χ4v) is 5.42. The zero-order chi connectivity index (χ0) is 21.9. The van der Waals surface area contributed by atoms with Crippen LogP contribution in [0.15, 0.2) is 53.4 Å². The van der Waals surface area contributed by atoms with Crippen molar-refractivity contribution in [2.24, 2.45) is 5.41 Å². The third-order valence-corrected chi connectivity index (χ3v) is 7.74. The summed E-state index contributed by atoms with van der Waals surface area (Å²) >= 11 is 5.88. The van der Waals surface area contributed by atoms with E-state index in [1.165, 1.54) is 16.4 Å². The Morgan fingerprint density at radius 1 is 1.10 bits per heavy atom. The molecule has 1 saturated heterocycles. The summed E-state index contributed by atoms with van der Waals surface area (Å²) in [6.07, 6.45) is 2.15. The molecule has 1 heterocycles. The van der Waals surface area contributed by atoms with E-state index in [0.29, 0.717) is 17.1 Å². The lowest BCUT2D eigenvalue weighted by Crippen LogP contribution is -2.43. The van der Waals surface area contributed by atoms with Gasteiger partial charge in [0.05, 0.1) is 4.90 Å². The Morgan fingerprint density at radius 2 is 1.73 bits per heavy atom. The average molecular weight is 449 g/mol. The standard InChI is InChI=1S/C23H29ClN2O3S/c1-4-26(30(28,29)21-12-10-20(24)11-13-21)16-18-6-8-19(9-7-18)22(27)25-15-5-14-23(2,3)17-25/h6-13H,4-5,14-17H2,1-3H3. The summed E-state index contributed by atoms with van der Waals surface area (Å²) in [5.74, 6) is 0.0375. The second-order valence-corrected chi connectivity index (χ2v) is 11.0. The van der Waals surface area contributed by atoms with Crippen LogP contribution in [0.2, 0.25) is 5.02 Å². The minimum Gasteiger partial charge on any atom is -0.338 e. The number of hydrogen-bond donors (Lipinski definition) is 0. The van der Waals surface area contributed by atoms with Gasteiger partial charge in [-0.3, -0.25) is 4.79 Å². The summed E-state index contributed by atoms with van der Waals surface area (Å²) in [5.41, 5.74) is 1.62. The molecule has 0 radical (unpaired) electrons. The number of amides is 1. The van der Waals surface area contributed by atoms with Crippen molar-refractivity contribution >= 4 is 27.5 Å². The second kappa shape index (κ2) is 9.08. The number of carbonyl (C=O) groups is 1. The third kappa shape index (κ3) is 5.23. The van der Waals surface area contributed by atoms with E-state index < -0.39 is 10.0 Å². The van der Waals surface area contributed by atoms with Gasteiger partial charge in [0.1, 0.15) is 0 Å². The Morgan fingerprint density at radius 3 is 2.30 bits per heavy atom. The van der Waals surface area contributed by atoms with Crippen LogP contribution in [0.25, 0.3) is 0 Å². The van der Waals surface area contributed by atoms with Crippen molar-refractivity contribution in [1.82, 2.24) is 9.21 Å². The molecule has 3 rings (SSSR count). The molecule has 1 fully saturated rings. The maximum Gasteiger partial charge on any atom is 0.253 e. The largest absolute Gasteiger partial charge is 0.338 e. The maximum absolute atomic E-state index is 12.9. The van der Waals surface area contributed by atoms with Crippen LogP contribution in [-0.2, 0) is 16.6 Å². The molecule has 162 valence electrons. The Bertz CT molecular complexity index is 986. The van der Waals surface area contributed by atoms with E-state index >= 15 is 0 Å². The van der Waals surface area contributed by atoms with Gasteiger partial charge in [0, 0.05) is 36.8 Å². The maximum atomic E-state index is 12.9. The quantitative estimate of drug-likeness (QED) is 0.636. The van der Waals surface area contributed by atoms with Crippen molar-refractivity contribution < 1.29 is 13.2 Å². The highest BCUT2D eigenvalue weighted by molar-refractivity contribution is 7.89. The van der Waals surface area contributed by atoms with E-state index in [9.17, 15) is 13.2 Å². The smallest absolute Gasteiger partial charge is 0.253 e. The molecule has 0 N–H and O–H groups in total. The van der Waals surface area contributed by atoms with Crippen LogP contribution < -0.4 is 0 Å². The average Bonchev–Trinajstić information content (AvgIpc) is 2.71. The molecule has 0 spiro atoms. The second-order valence-electron chi connectivity index (χ2n) is 8.58. The molecule has 30 heavy (non-hydrogen) atoms. The van der Waals surface area contributed by atoms with Gasteiger partial charge in [-0.25, -0.2) is 8.42 Å². The number of hydrogen-bond acceptors (Lipinski definition) is 3. The monoisotopic (exact) mass is 448 g/mol. The van der Waals surface area contributed by atoms with Gasteiger partial charge in [0.15, 0.2) is 0 Å². The number of nitrogens with zero attached hydrogens (tertiary/aromatic N) is 2. The molecule has 0 aliphatic carbocycles. The van der Waals surface area contributed by atoms with E-state index in [4.69, 9.17) is 11.6 Å². The Labute approximate surface area is 184 Å². The first kappa shape index (κ1) is 22.8. The first-order valence-corrected chi connectivity index (χ1v) is 12.1. The van der Waals surface area contributed by atoms with Gasteiger partial charge in [-0.15, -0.1) is 0 Å². The third-order valence-electron chi connectivity index (χ3n) is 5.55. The van der Waals surface area contributed by atoms with Crippen LogP contribution >= 0.6 is 11.6 Å². The molecular weight excluding hydrogens is 420 g/mol. The van der Waals surface area contributed by atoms with E-state index in [1.54, 1.807) is 24.3 Å². The molecule has 0 saturated carbocycles.